The number of hydrogen-bond donors (Lipinski definition) is 0. The summed E-state index contributed by atoms with van der Waals surface area (Å²) in [4.78, 5) is 0. The minimum atomic E-state index is -4.76. The molecule has 0 saturated heterocycles. The molecule has 0 saturated carbocycles. The van der Waals surface area contributed by atoms with E-state index in [0.717, 1.165) is 0 Å². The third kappa shape index (κ3) is 6.15. The Balaban J connectivity index is 2.94. The van der Waals surface area contributed by atoms with Gasteiger partial charge in [-0.05, 0) is 39.0 Å². The Labute approximate surface area is 126 Å². The molecule has 20 heavy (non-hydrogen) atoms. The van der Waals surface area contributed by atoms with Gasteiger partial charge in [-0.1, -0.05) is 20.3 Å². The predicted molar refractivity (Wildman–Crippen MR) is 76.3 cm³/mol. The fraction of sp³-hybridized carbons (Fsp3) is 0.417. The Hall–Kier alpha value is -0.730. The molecule has 0 amide bonds. The second-order valence-corrected chi connectivity index (χ2v) is 7.71. The summed E-state index contributed by atoms with van der Waals surface area (Å²) in [6, 6.07) is 3.90. The summed E-state index contributed by atoms with van der Waals surface area (Å²) < 4.78 is 55.7. The van der Waals surface area contributed by atoms with Crippen molar-refractivity contribution in [3.05, 3.63) is 28.2 Å². The molecule has 0 heterocycles. The molecule has 112 valence electrons. The van der Waals surface area contributed by atoms with Crippen molar-refractivity contribution in [2.45, 2.75) is 31.9 Å². The van der Waals surface area contributed by atoms with E-state index in [-0.39, 0.29) is 5.75 Å². The summed E-state index contributed by atoms with van der Waals surface area (Å²) in [6.07, 6.45) is -3.50. The highest BCUT2D eigenvalue weighted by molar-refractivity contribution is 9.10. The van der Waals surface area contributed by atoms with E-state index in [1.54, 1.807) is 26.8 Å². The highest BCUT2D eigenvalue weighted by Gasteiger charge is 2.31. The van der Waals surface area contributed by atoms with Crippen LogP contribution in [0.25, 0.3) is 0 Å². The highest BCUT2D eigenvalue weighted by Crippen LogP contribution is 2.27. The Morgan fingerprint density at radius 1 is 1.25 bits per heavy atom. The van der Waals surface area contributed by atoms with Crippen LogP contribution < -0.4 is 4.74 Å². The van der Waals surface area contributed by atoms with Gasteiger partial charge in [0.1, 0.15) is 21.9 Å². The molecule has 1 atom stereocenters. The lowest BCUT2D eigenvalue weighted by atomic mass is 10.2. The molecule has 1 aromatic carbocycles. The predicted octanol–water partition coefficient (Wildman–Crippen LogP) is 4.23. The van der Waals surface area contributed by atoms with Crippen LogP contribution in [0.15, 0.2) is 27.1 Å². The number of ether oxygens (including phenoxy) is 1. The van der Waals surface area contributed by atoms with Gasteiger partial charge in [0.2, 0.25) is 0 Å². The number of alkyl halides is 3. The van der Waals surface area contributed by atoms with Gasteiger partial charge in [-0.3, -0.25) is 0 Å². The number of hydrogen-bond acceptors (Lipinski definition) is 3. The second kappa shape index (κ2) is 6.36. The lowest BCUT2D eigenvalue weighted by molar-refractivity contribution is -0.274. The minimum absolute atomic E-state index is 0.358. The molecule has 3 nitrogen and oxygen atoms in total. The van der Waals surface area contributed by atoms with E-state index < -0.39 is 22.5 Å². The van der Waals surface area contributed by atoms with Gasteiger partial charge in [0.05, 0.1) is 6.21 Å². The molecule has 0 radical (unpaired) electrons. The second-order valence-electron chi connectivity index (χ2n) is 4.86. The van der Waals surface area contributed by atoms with Crippen molar-refractivity contribution in [2.75, 3.05) is 0 Å². The first-order valence-electron chi connectivity index (χ1n) is 5.50. The molecular formula is C12H13BrF3NO2S. The summed E-state index contributed by atoms with van der Waals surface area (Å²) in [5.74, 6) is -0.366. The Bertz CT molecular complexity index is 500. The average molecular weight is 372 g/mol. The smallest absolute Gasteiger partial charge is 0.573 e. The number of halogens is 4. The van der Waals surface area contributed by atoms with Gasteiger partial charge in [0.15, 0.2) is 0 Å². The van der Waals surface area contributed by atoms with Crippen molar-refractivity contribution in [3.63, 3.8) is 0 Å². The molecule has 1 rings (SSSR count). The SMILES string of the molecule is CC(C)(C)[S+]([O-])N=Cc1cc(Br)cc(OC(F)(F)F)c1. The average Bonchev–Trinajstić information content (AvgIpc) is 2.21. The number of nitrogens with zero attached hydrogens (tertiary/aromatic N) is 1. The third-order valence-electron chi connectivity index (χ3n) is 1.95. The van der Waals surface area contributed by atoms with Crippen LogP contribution in [0.5, 0.6) is 5.75 Å². The van der Waals surface area contributed by atoms with E-state index in [2.05, 4.69) is 25.1 Å². The third-order valence-corrected chi connectivity index (χ3v) is 3.75. The molecule has 0 aliphatic carbocycles. The van der Waals surface area contributed by atoms with E-state index in [0.29, 0.717) is 10.0 Å². The van der Waals surface area contributed by atoms with Crippen LogP contribution in [0.2, 0.25) is 0 Å². The molecule has 0 spiro atoms. The fourth-order valence-electron chi connectivity index (χ4n) is 1.12. The zero-order chi connectivity index (χ0) is 15.6. The fourth-order valence-corrected chi connectivity index (χ4v) is 2.14. The molecule has 0 aliphatic heterocycles. The van der Waals surface area contributed by atoms with Crippen molar-refractivity contribution in [1.29, 1.82) is 0 Å². The quantitative estimate of drug-likeness (QED) is 0.589. The largest absolute Gasteiger partial charge is 0.591 e. The van der Waals surface area contributed by atoms with Gasteiger partial charge >= 0.3 is 6.36 Å². The summed E-state index contributed by atoms with van der Waals surface area (Å²) in [5, 5.41) is 0. The molecule has 8 heteroatoms. The molecule has 0 bridgehead atoms. The molecular weight excluding hydrogens is 359 g/mol. The van der Waals surface area contributed by atoms with Crippen LogP contribution >= 0.6 is 15.9 Å². The topological polar surface area (TPSA) is 44.7 Å². The van der Waals surface area contributed by atoms with E-state index in [1.807, 2.05) is 0 Å². The lowest BCUT2D eigenvalue weighted by Crippen LogP contribution is -2.25. The first-order valence-corrected chi connectivity index (χ1v) is 7.40. The number of benzene rings is 1. The van der Waals surface area contributed by atoms with Gasteiger partial charge in [-0.2, -0.15) is 0 Å². The van der Waals surface area contributed by atoms with Crippen molar-refractivity contribution in [1.82, 2.24) is 0 Å². The van der Waals surface area contributed by atoms with Crippen molar-refractivity contribution in [3.8, 4) is 5.75 Å². The maximum atomic E-state index is 12.2. The molecule has 0 fully saturated rings. The summed E-state index contributed by atoms with van der Waals surface area (Å²) >= 11 is 1.60. The molecule has 1 unspecified atom stereocenters. The van der Waals surface area contributed by atoms with E-state index in [1.165, 1.54) is 18.3 Å². The van der Waals surface area contributed by atoms with Gasteiger partial charge in [-0.25, -0.2) is 0 Å². The Morgan fingerprint density at radius 2 is 1.85 bits per heavy atom. The monoisotopic (exact) mass is 371 g/mol. The van der Waals surface area contributed by atoms with Crippen LogP contribution in [0, 0.1) is 0 Å². The van der Waals surface area contributed by atoms with E-state index in [4.69, 9.17) is 0 Å². The maximum absolute atomic E-state index is 12.2. The van der Waals surface area contributed by atoms with Crippen molar-refractivity contribution < 1.29 is 22.5 Å². The first kappa shape index (κ1) is 17.3. The van der Waals surface area contributed by atoms with Crippen LogP contribution in [0.4, 0.5) is 13.2 Å². The highest BCUT2D eigenvalue weighted by atomic mass is 79.9. The van der Waals surface area contributed by atoms with E-state index in [9.17, 15) is 17.7 Å². The Morgan fingerprint density at radius 3 is 2.35 bits per heavy atom. The van der Waals surface area contributed by atoms with Crippen LogP contribution in [-0.2, 0) is 11.4 Å². The number of rotatable bonds is 3. The maximum Gasteiger partial charge on any atom is 0.573 e. The molecule has 0 aromatic heterocycles. The first-order chi connectivity index (χ1) is 8.97. The van der Waals surface area contributed by atoms with Gasteiger partial charge in [0, 0.05) is 10.0 Å². The van der Waals surface area contributed by atoms with Crippen LogP contribution in [0.1, 0.15) is 26.3 Å². The van der Waals surface area contributed by atoms with Crippen molar-refractivity contribution in [2.24, 2.45) is 4.40 Å². The van der Waals surface area contributed by atoms with Gasteiger partial charge in [-0.15, -0.1) is 13.2 Å². The van der Waals surface area contributed by atoms with Crippen LogP contribution in [-0.4, -0.2) is 21.9 Å². The molecule has 0 N–H and O–H groups in total. The Kier molecular flexibility index (Phi) is 5.51. The van der Waals surface area contributed by atoms with Crippen molar-refractivity contribution >= 4 is 33.5 Å². The summed E-state index contributed by atoms with van der Waals surface area (Å²) in [6.45, 7) is 5.25. The zero-order valence-electron chi connectivity index (χ0n) is 11.0. The van der Waals surface area contributed by atoms with E-state index >= 15 is 0 Å². The van der Waals surface area contributed by atoms with Gasteiger partial charge in [0.25, 0.3) is 0 Å². The summed E-state index contributed by atoms with van der Waals surface area (Å²) in [7, 11) is 0. The molecule has 1 aromatic rings. The van der Waals surface area contributed by atoms with Crippen LogP contribution in [0.3, 0.4) is 0 Å². The normalized spacial score (nSPS) is 14.6. The lowest BCUT2D eigenvalue weighted by Gasteiger charge is -2.17. The zero-order valence-corrected chi connectivity index (χ0v) is 13.4. The van der Waals surface area contributed by atoms with Gasteiger partial charge < -0.3 is 9.29 Å². The summed E-state index contributed by atoms with van der Waals surface area (Å²) in [5.41, 5.74) is 0.358. The standard InChI is InChI=1S/C12H13BrF3NO2S/c1-11(2,3)20(18)17-7-8-4-9(13)6-10(5-8)19-12(14,15)16/h4-7H,1-3H3. The minimum Gasteiger partial charge on any atom is -0.591 e. The molecule has 0 aliphatic rings.